The molecule has 3 rings (SSSR count). The Bertz CT molecular complexity index is 894. The monoisotopic (exact) mass is 437 g/mol. The molecular formula is C19H21ClFN3O4Si. The van der Waals surface area contributed by atoms with E-state index in [-0.39, 0.29) is 41.0 Å². The first-order valence-electron chi connectivity index (χ1n) is 9.11. The van der Waals surface area contributed by atoms with Crippen LogP contribution in [0.15, 0.2) is 42.5 Å². The number of amides is 2. The molecule has 2 atom stereocenters. The van der Waals surface area contributed by atoms with E-state index in [2.05, 4.69) is 15.6 Å². The number of benzene rings is 2. The molecule has 7 nitrogen and oxygen atoms in total. The molecule has 4 N–H and O–H groups in total. The molecule has 0 unspecified atom stereocenters. The molecule has 0 bridgehead atoms. The molecule has 10 heteroatoms. The number of hydrogen-bond acceptors (Lipinski definition) is 5. The average Bonchev–Trinajstić information content (AvgIpc) is 2.69. The van der Waals surface area contributed by atoms with Gasteiger partial charge in [0.2, 0.25) is 11.8 Å². The highest BCUT2D eigenvalue weighted by molar-refractivity contribution is 6.59. The van der Waals surface area contributed by atoms with Gasteiger partial charge in [0.25, 0.3) is 0 Å². The summed E-state index contributed by atoms with van der Waals surface area (Å²) in [6.45, 7) is -0.216. The van der Waals surface area contributed by atoms with Crippen molar-refractivity contribution in [3.8, 4) is 11.5 Å². The van der Waals surface area contributed by atoms with Crippen molar-refractivity contribution in [3.63, 3.8) is 0 Å². The van der Waals surface area contributed by atoms with Crippen LogP contribution in [0.5, 0.6) is 11.5 Å². The van der Waals surface area contributed by atoms with Crippen LogP contribution in [0.25, 0.3) is 0 Å². The topological polar surface area (TPSA) is 99.7 Å². The van der Waals surface area contributed by atoms with Crippen molar-refractivity contribution in [2.24, 2.45) is 0 Å². The molecule has 154 valence electrons. The van der Waals surface area contributed by atoms with Gasteiger partial charge in [0.1, 0.15) is 17.3 Å². The van der Waals surface area contributed by atoms with Crippen LogP contribution < -0.4 is 20.4 Å². The van der Waals surface area contributed by atoms with Crippen molar-refractivity contribution in [1.82, 2.24) is 10.3 Å². The number of halogens is 2. The van der Waals surface area contributed by atoms with Gasteiger partial charge in [0.15, 0.2) is 15.6 Å². The summed E-state index contributed by atoms with van der Waals surface area (Å²) in [7, 11) is -1.61. The van der Waals surface area contributed by atoms with Crippen molar-refractivity contribution >= 4 is 38.1 Å². The lowest BCUT2D eigenvalue weighted by Gasteiger charge is -2.28. The first-order chi connectivity index (χ1) is 13.9. The van der Waals surface area contributed by atoms with E-state index in [0.717, 1.165) is 12.1 Å². The number of carbonyl (C=O) groups is 2. The fraction of sp³-hybridized carbons (Fsp3) is 0.263. The fourth-order valence-corrected chi connectivity index (χ4v) is 5.41. The number of ether oxygens (including phenoxy) is 1. The Morgan fingerprint density at radius 3 is 2.83 bits per heavy atom. The second-order valence-electron chi connectivity index (χ2n) is 6.71. The molecule has 0 saturated carbocycles. The van der Waals surface area contributed by atoms with Gasteiger partial charge in [-0.05, 0) is 36.7 Å². The van der Waals surface area contributed by atoms with Crippen LogP contribution in [0.1, 0.15) is 6.42 Å². The Labute approximate surface area is 173 Å². The van der Waals surface area contributed by atoms with Crippen LogP contribution in [0, 0.1) is 5.82 Å². The van der Waals surface area contributed by atoms with Crippen LogP contribution in [0.3, 0.4) is 0 Å². The number of aromatic hydroxyl groups is 1. The van der Waals surface area contributed by atoms with Crippen molar-refractivity contribution < 1.29 is 23.8 Å². The maximum absolute atomic E-state index is 13.4. The van der Waals surface area contributed by atoms with Gasteiger partial charge >= 0.3 is 0 Å². The normalized spacial score (nSPS) is 18.7. The van der Waals surface area contributed by atoms with E-state index in [1.807, 2.05) is 0 Å². The number of carbonyl (C=O) groups excluding carboxylic acids is 2. The Morgan fingerprint density at radius 2 is 2.14 bits per heavy atom. The Morgan fingerprint density at radius 1 is 1.31 bits per heavy atom. The lowest BCUT2D eigenvalue weighted by atomic mass is 10.2. The minimum Gasteiger partial charge on any atom is -0.508 e. The molecule has 0 aromatic heterocycles. The molecule has 0 radical (unpaired) electrons. The summed E-state index contributed by atoms with van der Waals surface area (Å²) in [5, 5.41) is 15.4. The SMILES string of the molecule is O=C(COc1ccc(Cl)c(F)c1)N[Si@H]1CC[C@H](C(=O)Nc2cccc(O)c2)NC1. The Balaban J connectivity index is 1.40. The largest absolute Gasteiger partial charge is 0.508 e. The van der Waals surface area contributed by atoms with E-state index in [4.69, 9.17) is 16.3 Å². The number of anilines is 1. The molecule has 1 aliphatic heterocycles. The smallest absolute Gasteiger partial charge is 0.250 e. The summed E-state index contributed by atoms with van der Waals surface area (Å²) in [6.07, 6.45) is 1.17. The zero-order valence-corrected chi connectivity index (χ0v) is 17.4. The van der Waals surface area contributed by atoms with E-state index >= 15 is 0 Å². The molecule has 1 aliphatic rings. The highest BCUT2D eigenvalue weighted by Crippen LogP contribution is 2.20. The third-order valence-corrected chi connectivity index (χ3v) is 7.27. The van der Waals surface area contributed by atoms with Crippen molar-refractivity contribution in [2.45, 2.75) is 18.5 Å². The molecule has 2 aromatic carbocycles. The standard InChI is InChI=1S/C19H21ClFN3O4Si/c20-15-5-4-14(9-16(15)21)28-10-18(26)24-29-7-6-17(22-11-29)19(27)23-12-2-1-3-13(25)8-12/h1-5,8-9,17,22,25,29H,6-7,10-11H2,(H,23,27)(H,24,26)/t17-,29+/m1/s1. The zero-order valence-electron chi connectivity index (χ0n) is 15.5. The van der Waals surface area contributed by atoms with Gasteiger partial charge in [-0.25, -0.2) is 4.39 Å². The summed E-state index contributed by atoms with van der Waals surface area (Å²) in [6, 6.07) is 10.7. The maximum Gasteiger partial charge on any atom is 0.250 e. The van der Waals surface area contributed by atoms with Crippen LogP contribution in [0.2, 0.25) is 11.1 Å². The molecule has 1 fully saturated rings. The molecule has 1 heterocycles. The van der Waals surface area contributed by atoms with Gasteiger partial charge in [0, 0.05) is 24.0 Å². The van der Waals surface area contributed by atoms with E-state index in [9.17, 15) is 19.1 Å². The lowest BCUT2D eigenvalue weighted by molar-refractivity contribution is -0.121. The van der Waals surface area contributed by atoms with E-state index in [1.165, 1.54) is 24.3 Å². The lowest BCUT2D eigenvalue weighted by Crippen LogP contribution is -2.56. The van der Waals surface area contributed by atoms with Crippen LogP contribution in [-0.2, 0) is 9.59 Å². The van der Waals surface area contributed by atoms with Crippen molar-refractivity contribution in [1.29, 1.82) is 0 Å². The Kier molecular flexibility index (Phi) is 7.07. The minimum atomic E-state index is -1.61. The van der Waals surface area contributed by atoms with Gasteiger partial charge in [0.05, 0.1) is 11.1 Å². The second kappa shape index (κ2) is 9.73. The van der Waals surface area contributed by atoms with Gasteiger partial charge in [-0.2, -0.15) is 0 Å². The van der Waals surface area contributed by atoms with Crippen LogP contribution in [0.4, 0.5) is 10.1 Å². The summed E-state index contributed by atoms with van der Waals surface area (Å²) in [4.78, 5) is 27.4. The van der Waals surface area contributed by atoms with Crippen molar-refractivity contribution in [2.75, 3.05) is 18.1 Å². The average molecular weight is 438 g/mol. The first kappa shape index (κ1) is 21.1. The first-order valence-corrected chi connectivity index (χ1v) is 11.7. The number of phenols is 1. The number of phenolic OH excluding ortho intramolecular Hbond substituents is 1. The predicted octanol–water partition coefficient (Wildman–Crippen LogP) is 1.94. The fourth-order valence-electron chi connectivity index (χ4n) is 3.00. The summed E-state index contributed by atoms with van der Waals surface area (Å²) in [5.41, 5.74) is 0.528. The van der Waals surface area contributed by atoms with Crippen LogP contribution in [-0.4, -0.2) is 44.7 Å². The number of rotatable bonds is 6. The van der Waals surface area contributed by atoms with E-state index in [0.29, 0.717) is 18.3 Å². The highest BCUT2D eigenvalue weighted by atomic mass is 35.5. The quantitative estimate of drug-likeness (QED) is 0.517. The maximum atomic E-state index is 13.4. The van der Waals surface area contributed by atoms with Gasteiger partial charge in [-0.15, -0.1) is 0 Å². The highest BCUT2D eigenvalue weighted by Gasteiger charge is 2.28. The number of nitrogens with one attached hydrogen (secondary N) is 3. The van der Waals surface area contributed by atoms with Crippen LogP contribution >= 0.6 is 11.6 Å². The minimum absolute atomic E-state index is 0.00912. The molecule has 0 spiro atoms. The third-order valence-electron chi connectivity index (χ3n) is 4.47. The zero-order chi connectivity index (χ0) is 20.8. The van der Waals surface area contributed by atoms with E-state index in [1.54, 1.807) is 12.1 Å². The van der Waals surface area contributed by atoms with E-state index < -0.39 is 14.8 Å². The molecule has 0 aliphatic carbocycles. The molecule has 2 amide bonds. The third kappa shape index (κ3) is 6.18. The second-order valence-corrected chi connectivity index (χ2v) is 9.78. The van der Waals surface area contributed by atoms with Gasteiger partial charge < -0.3 is 25.5 Å². The summed E-state index contributed by atoms with van der Waals surface area (Å²) < 4.78 is 18.7. The predicted molar refractivity (Wildman–Crippen MR) is 110 cm³/mol. The molecule has 1 saturated heterocycles. The van der Waals surface area contributed by atoms with Crippen molar-refractivity contribution in [3.05, 3.63) is 53.3 Å². The molecule has 29 heavy (non-hydrogen) atoms. The Hall–Kier alpha value is -2.62. The summed E-state index contributed by atoms with van der Waals surface area (Å²) >= 11 is 5.61. The summed E-state index contributed by atoms with van der Waals surface area (Å²) in [5.74, 6) is -0.748. The molecular weight excluding hydrogens is 417 g/mol. The molecule has 2 aromatic rings. The van der Waals surface area contributed by atoms with Gasteiger partial charge in [-0.1, -0.05) is 17.7 Å². The van der Waals surface area contributed by atoms with Gasteiger partial charge in [-0.3, -0.25) is 9.59 Å². The number of hydrogen-bond donors (Lipinski definition) is 4.